The number of nitrogens with zero attached hydrogens (tertiary/aromatic N) is 4. The van der Waals surface area contributed by atoms with Crippen LogP contribution < -0.4 is 9.88 Å². The van der Waals surface area contributed by atoms with Crippen molar-refractivity contribution in [2.45, 2.75) is 18.0 Å². The Morgan fingerprint density at radius 1 is 1.24 bits per heavy atom. The Balaban J connectivity index is 1.92. The normalized spacial score (nSPS) is 11.6. The van der Waals surface area contributed by atoms with Crippen LogP contribution in [0.25, 0.3) is 0 Å². The molecule has 132 valence electrons. The monoisotopic (exact) mass is 361 g/mol. The van der Waals surface area contributed by atoms with Crippen molar-refractivity contribution in [1.29, 1.82) is 0 Å². The molecule has 2 heterocycles. The smallest absolute Gasteiger partial charge is 0.257 e. The van der Waals surface area contributed by atoms with E-state index in [0.29, 0.717) is 18.5 Å². The number of rotatable bonds is 6. The van der Waals surface area contributed by atoms with Gasteiger partial charge in [-0.15, -0.1) is 0 Å². The quantitative estimate of drug-likeness (QED) is 0.703. The number of aromatic nitrogens is 4. The number of aryl methyl sites for hydroxylation is 1. The molecule has 8 nitrogen and oxygen atoms in total. The summed E-state index contributed by atoms with van der Waals surface area (Å²) < 4.78 is 32.3. The van der Waals surface area contributed by atoms with Crippen molar-refractivity contribution >= 4 is 10.0 Å². The molecule has 2 aromatic heterocycles. The second-order valence-corrected chi connectivity index (χ2v) is 7.16. The van der Waals surface area contributed by atoms with Crippen LogP contribution in [0.5, 0.6) is 5.75 Å². The van der Waals surface area contributed by atoms with E-state index >= 15 is 0 Å². The minimum atomic E-state index is -3.92. The SMILES string of the molecule is COc1ccc(Cc2cn(Cc3nccn3C)nc2S(N)(=O)=O)cc1. The Morgan fingerprint density at radius 2 is 1.96 bits per heavy atom. The Labute approximate surface area is 145 Å². The summed E-state index contributed by atoms with van der Waals surface area (Å²) in [5, 5.41) is 9.37. The van der Waals surface area contributed by atoms with Crippen molar-refractivity contribution in [3.63, 3.8) is 0 Å². The molecule has 0 fully saturated rings. The number of primary sulfonamides is 1. The molecule has 0 aliphatic heterocycles. The van der Waals surface area contributed by atoms with Crippen LogP contribution in [-0.2, 0) is 30.0 Å². The van der Waals surface area contributed by atoms with Crippen LogP contribution >= 0.6 is 0 Å². The first-order valence-corrected chi connectivity index (χ1v) is 9.09. The van der Waals surface area contributed by atoms with Gasteiger partial charge in [-0.05, 0) is 17.7 Å². The van der Waals surface area contributed by atoms with E-state index in [1.54, 1.807) is 24.2 Å². The van der Waals surface area contributed by atoms with E-state index < -0.39 is 10.0 Å². The van der Waals surface area contributed by atoms with Crippen LogP contribution in [0.1, 0.15) is 17.0 Å². The third kappa shape index (κ3) is 3.89. The van der Waals surface area contributed by atoms with E-state index in [4.69, 9.17) is 9.88 Å². The zero-order valence-electron chi connectivity index (χ0n) is 14.0. The second kappa shape index (κ2) is 6.69. The summed E-state index contributed by atoms with van der Waals surface area (Å²) in [5.41, 5.74) is 1.48. The van der Waals surface area contributed by atoms with Gasteiger partial charge in [-0.25, -0.2) is 18.5 Å². The Bertz CT molecular complexity index is 974. The third-order valence-electron chi connectivity index (χ3n) is 3.85. The van der Waals surface area contributed by atoms with Crippen molar-refractivity contribution in [3.05, 3.63) is 59.8 Å². The maximum atomic E-state index is 11.9. The first kappa shape index (κ1) is 17.2. The zero-order valence-corrected chi connectivity index (χ0v) is 14.8. The fraction of sp³-hybridized carbons (Fsp3) is 0.250. The fourth-order valence-electron chi connectivity index (χ4n) is 2.54. The van der Waals surface area contributed by atoms with Crippen LogP contribution in [0.3, 0.4) is 0 Å². The molecule has 3 aromatic rings. The highest BCUT2D eigenvalue weighted by molar-refractivity contribution is 7.89. The lowest BCUT2D eigenvalue weighted by Crippen LogP contribution is -2.15. The molecule has 1 aromatic carbocycles. The van der Waals surface area contributed by atoms with E-state index in [1.165, 1.54) is 0 Å². The summed E-state index contributed by atoms with van der Waals surface area (Å²) in [6.07, 6.45) is 5.59. The molecular formula is C16H19N5O3S. The van der Waals surface area contributed by atoms with E-state index in [9.17, 15) is 8.42 Å². The molecule has 0 saturated carbocycles. The van der Waals surface area contributed by atoms with Crippen LogP contribution in [0.2, 0.25) is 0 Å². The Morgan fingerprint density at radius 3 is 2.52 bits per heavy atom. The largest absolute Gasteiger partial charge is 0.497 e. The highest BCUT2D eigenvalue weighted by atomic mass is 32.2. The summed E-state index contributed by atoms with van der Waals surface area (Å²) in [6.45, 7) is 0.356. The molecule has 0 aliphatic rings. The van der Waals surface area contributed by atoms with E-state index in [2.05, 4.69) is 10.1 Å². The zero-order chi connectivity index (χ0) is 18.0. The third-order valence-corrected chi connectivity index (χ3v) is 4.73. The number of nitrogens with two attached hydrogens (primary N) is 1. The van der Waals surface area contributed by atoms with Gasteiger partial charge in [0.15, 0.2) is 5.03 Å². The number of hydrogen-bond acceptors (Lipinski definition) is 5. The predicted molar refractivity (Wildman–Crippen MR) is 91.7 cm³/mol. The Kier molecular flexibility index (Phi) is 4.60. The van der Waals surface area contributed by atoms with Gasteiger partial charge in [0.1, 0.15) is 11.6 Å². The van der Waals surface area contributed by atoms with Gasteiger partial charge in [0.05, 0.1) is 13.7 Å². The van der Waals surface area contributed by atoms with Crippen LogP contribution in [0, 0.1) is 0 Å². The molecule has 0 spiro atoms. The molecule has 0 amide bonds. The van der Waals surface area contributed by atoms with Gasteiger partial charge >= 0.3 is 0 Å². The molecule has 0 aliphatic carbocycles. The molecule has 3 rings (SSSR count). The highest BCUT2D eigenvalue weighted by Gasteiger charge is 2.20. The number of ether oxygens (including phenoxy) is 1. The highest BCUT2D eigenvalue weighted by Crippen LogP contribution is 2.19. The van der Waals surface area contributed by atoms with Crippen molar-refractivity contribution in [2.24, 2.45) is 12.2 Å². The average Bonchev–Trinajstić information content (AvgIpc) is 3.15. The average molecular weight is 361 g/mol. The molecule has 0 radical (unpaired) electrons. The lowest BCUT2D eigenvalue weighted by Gasteiger charge is -2.03. The van der Waals surface area contributed by atoms with Gasteiger partial charge in [0.25, 0.3) is 10.0 Å². The first-order valence-electron chi connectivity index (χ1n) is 7.55. The molecule has 0 atom stereocenters. The predicted octanol–water partition coefficient (Wildman–Crippen LogP) is 0.912. The molecular weight excluding hydrogens is 342 g/mol. The molecule has 0 bridgehead atoms. The van der Waals surface area contributed by atoms with Crippen LogP contribution in [0.15, 0.2) is 47.9 Å². The molecule has 0 saturated heterocycles. The van der Waals surface area contributed by atoms with Crippen LogP contribution in [0.4, 0.5) is 0 Å². The minimum absolute atomic E-state index is 0.113. The minimum Gasteiger partial charge on any atom is -0.497 e. The first-order chi connectivity index (χ1) is 11.9. The topological polar surface area (TPSA) is 105 Å². The number of benzene rings is 1. The summed E-state index contributed by atoms with van der Waals surface area (Å²) in [6, 6.07) is 7.40. The van der Waals surface area contributed by atoms with Gasteiger partial charge in [-0.1, -0.05) is 12.1 Å². The lowest BCUT2D eigenvalue weighted by atomic mass is 10.1. The number of methoxy groups -OCH3 is 1. The van der Waals surface area contributed by atoms with Gasteiger partial charge in [0, 0.05) is 37.6 Å². The van der Waals surface area contributed by atoms with Gasteiger partial charge in [0.2, 0.25) is 0 Å². The maximum absolute atomic E-state index is 11.9. The summed E-state index contributed by atoms with van der Waals surface area (Å²) in [4.78, 5) is 4.22. The number of hydrogen-bond donors (Lipinski definition) is 1. The molecule has 9 heteroatoms. The van der Waals surface area contributed by atoms with Gasteiger partial charge in [-0.2, -0.15) is 5.10 Å². The fourth-order valence-corrected chi connectivity index (χ4v) is 3.25. The van der Waals surface area contributed by atoms with E-state index in [1.807, 2.05) is 42.1 Å². The van der Waals surface area contributed by atoms with Crippen molar-refractivity contribution < 1.29 is 13.2 Å². The molecule has 0 unspecified atom stereocenters. The van der Waals surface area contributed by atoms with Crippen LogP contribution in [-0.4, -0.2) is 34.9 Å². The van der Waals surface area contributed by atoms with E-state index in [-0.39, 0.29) is 5.03 Å². The standard InChI is InChI=1S/C16H19N5O3S/c1-20-8-7-18-15(20)11-21-10-13(16(19-21)25(17,22)23)9-12-3-5-14(24-2)6-4-12/h3-8,10H,9,11H2,1-2H3,(H2,17,22,23). The van der Waals surface area contributed by atoms with Gasteiger partial charge < -0.3 is 9.30 Å². The van der Waals surface area contributed by atoms with E-state index in [0.717, 1.165) is 17.1 Å². The Hall–Kier alpha value is -2.65. The summed E-state index contributed by atoms with van der Waals surface area (Å²) in [5.74, 6) is 1.50. The maximum Gasteiger partial charge on any atom is 0.257 e. The van der Waals surface area contributed by atoms with Crippen molar-refractivity contribution in [3.8, 4) is 5.75 Å². The molecule has 25 heavy (non-hydrogen) atoms. The van der Waals surface area contributed by atoms with Crippen molar-refractivity contribution in [1.82, 2.24) is 19.3 Å². The second-order valence-electron chi connectivity index (χ2n) is 5.68. The number of imidazole rings is 1. The van der Waals surface area contributed by atoms with Gasteiger partial charge in [-0.3, -0.25) is 4.68 Å². The lowest BCUT2D eigenvalue weighted by molar-refractivity contribution is 0.414. The summed E-state index contributed by atoms with van der Waals surface area (Å²) in [7, 11) is -0.460. The van der Waals surface area contributed by atoms with Crippen molar-refractivity contribution in [2.75, 3.05) is 7.11 Å². The molecule has 2 N–H and O–H groups in total. The number of sulfonamides is 1. The summed E-state index contributed by atoms with van der Waals surface area (Å²) >= 11 is 0.